The molecule has 0 saturated carbocycles. The fraction of sp³-hybridized carbons (Fsp3) is 0.300. The van der Waals surface area contributed by atoms with Crippen molar-refractivity contribution < 1.29 is 14.3 Å². The summed E-state index contributed by atoms with van der Waals surface area (Å²) in [4.78, 5) is 24.4. The van der Waals surface area contributed by atoms with Crippen molar-refractivity contribution in [3.63, 3.8) is 0 Å². The van der Waals surface area contributed by atoms with E-state index < -0.39 is 0 Å². The molecule has 5 nitrogen and oxygen atoms in total. The lowest BCUT2D eigenvalue weighted by Gasteiger charge is -2.32. The number of methoxy groups -OCH3 is 1. The summed E-state index contributed by atoms with van der Waals surface area (Å²) in [5, 5.41) is 5.79. The molecule has 1 heterocycles. The number of hydrogen-bond acceptors (Lipinski definition) is 3. The molecule has 0 saturated heterocycles. The molecular formula is C20H22N2O3. The number of fused-ring (bicyclic) bond motifs is 1. The van der Waals surface area contributed by atoms with Crippen LogP contribution in [-0.4, -0.2) is 18.9 Å². The molecule has 2 amide bonds. The normalized spacial score (nSPS) is 15.2. The number of rotatable bonds is 4. The van der Waals surface area contributed by atoms with Crippen molar-refractivity contribution >= 4 is 23.2 Å². The predicted molar refractivity (Wildman–Crippen MR) is 97.8 cm³/mol. The van der Waals surface area contributed by atoms with Gasteiger partial charge < -0.3 is 15.4 Å². The van der Waals surface area contributed by atoms with E-state index in [0.717, 1.165) is 22.5 Å². The van der Waals surface area contributed by atoms with Gasteiger partial charge in [-0.1, -0.05) is 26.0 Å². The Kier molecular flexibility index (Phi) is 4.59. The zero-order chi connectivity index (χ0) is 18.0. The number of carbonyl (C=O) groups is 2. The summed E-state index contributed by atoms with van der Waals surface area (Å²) in [6, 6.07) is 13.0. The van der Waals surface area contributed by atoms with Gasteiger partial charge in [0.25, 0.3) is 5.91 Å². The Labute approximate surface area is 147 Å². The molecule has 3 rings (SSSR count). The van der Waals surface area contributed by atoms with Crippen LogP contribution >= 0.6 is 0 Å². The van der Waals surface area contributed by atoms with E-state index in [1.165, 1.54) is 0 Å². The van der Waals surface area contributed by atoms with Crippen molar-refractivity contribution in [3.8, 4) is 0 Å². The topological polar surface area (TPSA) is 67.4 Å². The Balaban J connectivity index is 1.84. The van der Waals surface area contributed by atoms with Crippen molar-refractivity contribution in [2.75, 3.05) is 17.7 Å². The van der Waals surface area contributed by atoms with Crippen LogP contribution in [0.5, 0.6) is 0 Å². The van der Waals surface area contributed by atoms with Gasteiger partial charge in [0.2, 0.25) is 5.91 Å². The number of carbonyl (C=O) groups excluding carboxylic acids is 2. The summed E-state index contributed by atoms with van der Waals surface area (Å²) in [6.45, 7) is 4.53. The molecule has 0 aromatic heterocycles. The molecule has 0 atom stereocenters. The van der Waals surface area contributed by atoms with Crippen LogP contribution in [0.3, 0.4) is 0 Å². The highest BCUT2D eigenvalue weighted by molar-refractivity contribution is 6.05. The minimum atomic E-state index is -0.299. The van der Waals surface area contributed by atoms with E-state index >= 15 is 0 Å². The first kappa shape index (κ1) is 17.2. The van der Waals surface area contributed by atoms with Crippen molar-refractivity contribution in [3.05, 3.63) is 59.2 Å². The molecule has 0 fully saturated rings. The van der Waals surface area contributed by atoms with E-state index in [0.29, 0.717) is 18.6 Å². The zero-order valence-corrected chi connectivity index (χ0v) is 14.7. The van der Waals surface area contributed by atoms with Gasteiger partial charge in [-0.25, -0.2) is 0 Å². The molecule has 5 heteroatoms. The second kappa shape index (κ2) is 6.69. The van der Waals surface area contributed by atoms with Gasteiger partial charge in [0.05, 0.1) is 6.61 Å². The van der Waals surface area contributed by atoms with E-state index in [1.54, 1.807) is 19.2 Å². The minimum absolute atomic E-state index is 0.00431. The van der Waals surface area contributed by atoms with Crippen molar-refractivity contribution in [2.45, 2.75) is 32.3 Å². The number of benzene rings is 2. The Morgan fingerprint density at radius 2 is 2.04 bits per heavy atom. The standard InChI is InChI=1S/C20H22N2O3/c1-20(2)11-18(23)22-17-8-7-14(10-16(17)20)19(24)21-15-6-4-5-13(9-15)12-25-3/h4-10H,11-12H2,1-3H3,(H,21,24)(H,22,23). The average Bonchev–Trinajstić information content (AvgIpc) is 2.54. The van der Waals surface area contributed by atoms with E-state index in [2.05, 4.69) is 10.6 Å². The molecule has 25 heavy (non-hydrogen) atoms. The molecule has 130 valence electrons. The molecule has 2 N–H and O–H groups in total. The molecule has 0 radical (unpaired) electrons. The summed E-state index contributed by atoms with van der Waals surface area (Å²) in [7, 11) is 1.64. The van der Waals surface area contributed by atoms with Crippen LogP contribution in [0.1, 0.15) is 41.8 Å². The summed E-state index contributed by atoms with van der Waals surface area (Å²) in [5.74, 6) is -0.172. The third kappa shape index (κ3) is 3.72. The quantitative estimate of drug-likeness (QED) is 0.893. The number of amides is 2. The van der Waals surface area contributed by atoms with Crippen LogP contribution < -0.4 is 10.6 Å². The fourth-order valence-corrected chi connectivity index (χ4v) is 3.15. The molecule has 0 aliphatic carbocycles. The van der Waals surface area contributed by atoms with Gasteiger partial charge >= 0.3 is 0 Å². The Hall–Kier alpha value is -2.66. The van der Waals surface area contributed by atoms with Gasteiger partial charge in [-0.05, 0) is 41.5 Å². The average molecular weight is 338 g/mol. The van der Waals surface area contributed by atoms with E-state index in [-0.39, 0.29) is 17.2 Å². The molecule has 1 aliphatic heterocycles. The van der Waals surface area contributed by atoms with Gasteiger partial charge in [0.1, 0.15) is 0 Å². The lowest BCUT2D eigenvalue weighted by Crippen LogP contribution is -2.32. The molecule has 0 bridgehead atoms. The maximum Gasteiger partial charge on any atom is 0.255 e. The second-order valence-electron chi connectivity index (χ2n) is 6.96. The first-order valence-corrected chi connectivity index (χ1v) is 8.23. The van der Waals surface area contributed by atoms with Crippen LogP contribution in [0.15, 0.2) is 42.5 Å². The van der Waals surface area contributed by atoms with E-state index in [4.69, 9.17) is 4.74 Å². The highest BCUT2D eigenvalue weighted by atomic mass is 16.5. The second-order valence-corrected chi connectivity index (χ2v) is 6.96. The Morgan fingerprint density at radius 3 is 2.80 bits per heavy atom. The molecule has 0 unspecified atom stereocenters. The first-order valence-electron chi connectivity index (χ1n) is 8.23. The largest absolute Gasteiger partial charge is 0.380 e. The van der Waals surface area contributed by atoms with Gasteiger partial charge in [-0.15, -0.1) is 0 Å². The molecule has 0 spiro atoms. The maximum absolute atomic E-state index is 12.6. The summed E-state index contributed by atoms with van der Waals surface area (Å²) < 4.78 is 5.12. The monoisotopic (exact) mass is 338 g/mol. The predicted octanol–water partition coefficient (Wildman–Crippen LogP) is 3.71. The van der Waals surface area contributed by atoms with Crippen LogP contribution in [0.4, 0.5) is 11.4 Å². The van der Waals surface area contributed by atoms with Gasteiger partial charge in [-0.3, -0.25) is 9.59 Å². The highest BCUT2D eigenvalue weighted by Crippen LogP contribution is 2.37. The fourth-order valence-electron chi connectivity index (χ4n) is 3.15. The van der Waals surface area contributed by atoms with Crippen molar-refractivity contribution in [1.29, 1.82) is 0 Å². The van der Waals surface area contributed by atoms with Gasteiger partial charge in [-0.2, -0.15) is 0 Å². The van der Waals surface area contributed by atoms with Gasteiger partial charge in [0, 0.05) is 35.9 Å². The number of ether oxygens (including phenoxy) is 1. The maximum atomic E-state index is 12.6. The number of anilines is 2. The van der Waals surface area contributed by atoms with E-state index in [1.807, 2.05) is 44.2 Å². The van der Waals surface area contributed by atoms with Crippen molar-refractivity contribution in [2.24, 2.45) is 0 Å². The first-order chi connectivity index (χ1) is 11.9. The SMILES string of the molecule is COCc1cccc(NC(=O)c2ccc3c(c2)C(C)(C)CC(=O)N3)c1. The van der Waals surface area contributed by atoms with Crippen molar-refractivity contribution in [1.82, 2.24) is 0 Å². The van der Waals surface area contributed by atoms with Crippen LogP contribution in [0, 0.1) is 0 Å². The Morgan fingerprint density at radius 1 is 1.24 bits per heavy atom. The Bertz CT molecular complexity index is 827. The van der Waals surface area contributed by atoms with Crippen LogP contribution in [-0.2, 0) is 21.6 Å². The number of nitrogens with one attached hydrogen (secondary N) is 2. The third-order valence-corrected chi connectivity index (χ3v) is 4.38. The van der Waals surface area contributed by atoms with Crippen LogP contribution in [0.2, 0.25) is 0 Å². The highest BCUT2D eigenvalue weighted by Gasteiger charge is 2.32. The molecular weight excluding hydrogens is 316 g/mol. The zero-order valence-electron chi connectivity index (χ0n) is 14.7. The smallest absolute Gasteiger partial charge is 0.255 e. The minimum Gasteiger partial charge on any atom is -0.380 e. The lowest BCUT2D eigenvalue weighted by molar-refractivity contribution is -0.117. The summed E-state index contributed by atoms with van der Waals surface area (Å²) in [5.41, 5.74) is 3.75. The van der Waals surface area contributed by atoms with Gasteiger partial charge in [0.15, 0.2) is 0 Å². The summed E-state index contributed by atoms with van der Waals surface area (Å²) >= 11 is 0. The third-order valence-electron chi connectivity index (χ3n) is 4.38. The summed E-state index contributed by atoms with van der Waals surface area (Å²) in [6.07, 6.45) is 0.407. The van der Waals surface area contributed by atoms with E-state index in [9.17, 15) is 9.59 Å². The molecule has 2 aromatic carbocycles. The number of hydrogen-bond donors (Lipinski definition) is 2. The molecule has 2 aromatic rings. The lowest BCUT2D eigenvalue weighted by atomic mass is 9.77. The molecule has 1 aliphatic rings. The van der Waals surface area contributed by atoms with Crippen LogP contribution in [0.25, 0.3) is 0 Å².